The van der Waals surface area contributed by atoms with Crippen LogP contribution in [-0.4, -0.2) is 25.8 Å². The number of aliphatic carboxylic acids is 1. The van der Waals surface area contributed by atoms with Crippen molar-refractivity contribution in [3.05, 3.63) is 143 Å². The smallest absolute Gasteiger partial charge is 0.335 e. The molecule has 6 rings (SSSR count). The van der Waals surface area contributed by atoms with Gasteiger partial charge in [0.15, 0.2) is 4.90 Å². The fraction of sp³-hybridized carbons (Fsp3) is 0.0541. The summed E-state index contributed by atoms with van der Waals surface area (Å²) in [6, 6.07) is 23.9. The molecule has 1 N–H and O–H groups in total. The second-order valence-corrected chi connectivity index (χ2v) is 12.0. The van der Waals surface area contributed by atoms with Crippen LogP contribution in [0.15, 0.2) is 120 Å². The molecule has 0 spiro atoms. The molecule has 0 aliphatic heterocycles. The first-order valence-electron chi connectivity index (χ1n) is 14.3. The Labute approximate surface area is 274 Å². The van der Waals surface area contributed by atoms with E-state index in [2.05, 4.69) is 12.1 Å². The first kappa shape index (κ1) is 32.1. The van der Waals surface area contributed by atoms with Crippen molar-refractivity contribution in [2.45, 2.75) is 17.5 Å². The van der Waals surface area contributed by atoms with E-state index in [9.17, 15) is 42.5 Å². The van der Waals surface area contributed by atoms with E-state index in [0.717, 1.165) is 24.3 Å². The van der Waals surface area contributed by atoms with E-state index >= 15 is 0 Å². The quantitative estimate of drug-likeness (QED) is 0.138. The summed E-state index contributed by atoms with van der Waals surface area (Å²) in [4.78, 5) is 11.7. The normalized spacial score (nSPS) is 15.0. The van der Waals surface area contributed by atoms with Gasteiger partial charge in [-0.1, -0.05) is 30.3 Å². The van der Waals surface area contributed by atoms with E-state index in [1.807, 2.05) is 0 Å². The maximum Gasteiger partial charge on any atom is 0.335 e. The molecule has 48 heavy (non-hydrogen) atoms. The molecule has 1 aromatic heterocycles. The van der Waals surface area contributed by atoms with E-state index in [-0.39, 0.29) is 54.9 Å². The van der Waals surface area contributed by atoms with Crippen LogP contribution < -0.4 is 0 Å². The van der Waals surface area contributed by atoms with Gasteiger partial charge in [-0.25, -0.2) is 22.4 Å². The summed E-state index contributed by atoms with van der Waals surface area (Å²) < 4.78 is 72.4. The van der Waals surface area contributed by atoms with Gasteiger partial charge in [0.25, 0.3) is 6.43 Å². The molecular weight excluding hydrogens is 642 g/mol. The molecule has 2 atom stereocenters. The summed E-state index contributed by atoms with van der Waals surface area (Å²) in [6.45, 7) is 0. The van der Waals surface area contributed by atoms with Gasteiger partial charge in [-0.15, -0.1) is 0 Å². The Hall–Kier alpha value is -5.88. The number of nitriles is 2. The largest absolute Gasteiger partial charge is 0.587 e. The molecule has 1 aliphatic rings. The number of hydrogen-bond acceptors (Lipinski definition) is 4. The van der Waals surface area contributed by atoms with Crippen LogP contribution in [0.4, 0.5) is 17.6 Å². The minimum atomic E-state index is -2.75. The number of carbonyl (C=O) groups is 1. The molecule has 1 aliphatic carbocycles. The lowest BCUT2D eigenvalue weighted by molar-refractivity contribution is -0.132. The Balaban J connectivity index is 1.68. The summed E-state index contributed by atoms with van der Waals surface area (Å²) in [5.74, 6) is -1.95. The lowest BCUT2D eigenvalue weighted by Gasteiger charge is -2.17. The monoisotopic (exact) mass is 663 g/mol. The first-order chi connectivity index (χ1) is 23.1. The average Bonchev–Trinajstić information content (AvgIpc) is 3.27. The van der Waals surface area contributed by atoms with Gasteiger partial charge < -0.3 is 9.66 Å². The Morgan fingerprint density at radius 1 is 0.875 bits per heavy atom. The van der Waals surface area contributed by atoms with Crippen LogP contribution in [0.1, 0.15) is 28.7 Å². The highest BCUT2D eigenvalue weighted by molar-refractivity contribution is 7.90. The Kier molecular flexibility index (Phi) is 8.74. The second kappa shape index (κ2) is 13.1. The standard InChI is InChI=1S/C37H21F4N3O3S/c38-28-11-14-32-31(18-28)34(33-26(19-42)5-2-6-27(33)20-43)35(44(32)48(47)30-12-9-21(10-13-30)36(40)41)24-4-1-3-22(15-24)23-7-8-25(37(45)46)17-29(39)16-23/h1-18,29,36H,(H,45,46). The number of rotatable bonds is 7. The van der Waals surface area contributed by atoms with Crippen molar-refractivity contribution >= 4 is 33.8 Å². The third-order valence-corrected chi connectivity index (χ3v) is 9.16. The Morgan fingerprint density at radius 2 is 1.54 bits per heavy atom. The predicted octanol–water partition coefficient (Wildman–Crippen LogP) is 8.67. The average molecular weight is 664 g/mol. The van der Waals surface area contributed by atoms with E-state index in [4.69, 9.17) is 0 Å². The number of allylic oxidation sites excluding steroid dienone is 4. The fourth-order valence-corrected chi connectivity index (χ4v) is 6.91. The number of benzene rings is 4. The summed E-state index contributed by atoms with van der Waals surface area (Å²) in [7, 11) is 0. The third-order valence-electron chi connectivity index (χ3n) is 7.78. The summed E-state index contributed by atoms with van der Waals surface area (Å²) >= 11 is -2.14. The Bertz CT molecular complexity index is 2250. The van der Waals surface area contributed by atoms with Gasteiger partial charge in [-0.05, 0) is 90.0 Å². The summed E-state index contributed by atoms with van der Waals surface area (Å²) in [5, 5.41) is 29.9. The van der Waals surface area contributed by atoms with Gasteiger partial charge in [0.05, 0.1) is 34.4 Å². The van der Waals surface area contributed by atoms with Crippen LogP contribution in [0.5, 0.6) is 0 Å². The molecule has 2 unspecified atom stereocenters. The zero-order valence-corrected chi connectivity index (χ0v) is 25.4. The van der Waals surface area contributed by atoms with E-state index in [1.54, 1.807) is 24.3 Å². The molecule has 4 aromatic carbocycles. The Morgan fingerprint density at radius 3 is 2.19 bits per heavy atom. The molecule has 236 valence electrons. The van der Waals surface area contributed by atoms with E-state index in [1.165, 1.54) is 64.7 Å². The van der Waals surface area contributed by atoms with E-state index < -0.39 is 35.7 Å². The van der Waals surface area contributed by atoms with Crippen molar-refractivity contribution in [3.8, 4) is 34.5 Å². The summed E-state index contributed by atoms with van der Waals surface area (Å²) in [5.41, 5.74) is 1.65. The van der Waals surface area contributed by atoms with Crippen LogP contribution >= 0.6 is 0 Å². The van der Waals surface area contributed by atoms with Crippen molar-refractivity contribution in [3.63, 3.8) is 0 Å². The number of carboxylic acid groups (broad SMARTS) is 1. The third kappa shape index (κ3) is 5.89. The van der Waals surface area contributed by atoms with Crippen LogP contribution in [-0.2, 0) is 16.2 Å². The lowest BCUT2D eigenvalue weighted by atomic mass is 9.90. The minimum Gasteiger partial charge on any atom is -0.587 e. The van der Waals surface area contributed by atoms with E-state index in [0.29, 0.717) is 16.7 Å². The van der Waals surface area contributed by atoms with Crippen LogP contribution in [0.3, 0.4) is 0 Å². The summed E-state index contributed by atoms with van der Waals surface area (Å²) in [6.07, 6.45) is 0.443. The molecule has 0 fully saturated rings. The highest BCUT2D eigenvalue weighted by Crippen LogP contribution is 2.46. The molecule has 6 nitrogen and oxygen atoms in total. The maximum atomic E-state index is 15.0. The van der Waals surface area contributed by atoms with Crippen molar-refractivity contribution in [1.82, 2.24) is 3.97 Å². The molecule has 1 heterocycles. The minimum absolute atomic E-state index is 0.0868. The number of alkyl halides is 3. The molecule has 0 bridgehead atoms. The molecule has 11 heteroatoms. The van der Waals surface area contributed by atoms with Gasteiger partial charge in [0, 0.05) is 27.6 Å². The first-order valence-corrected chi connectivity index (χ1v) is 15.4. The fourth-order valence-electron chi connectivity index (χ4n) is 5.63. The number of nitrogens with zero attached hydrogens (tertiary/aromatic N) is 3. The second-order valence-electron chi connectivity index (χ2n) is 10.7. The zero-order valence-electron chi connectivity index (χ0n) is 24.6. The van der Waals surface area contributed by atoms with Crippen molar-refractivity contribution in [2.75, 3.05) is 0 Å². The van der Waals surface area contributed by atoms with Crippen LogP contribution in [0, 0.1) is 28.5 Å². The lowest BCUT2D eigenvalue weighted by Crippen LogP contribution is -2.14. The SMILES string of the molecule is N#Cc1cccc(C#N)c1-c1c(-c2cccc(C3=CC(F)C=C(C(=O)O)C=C3)c2)n([S+]([O-])c2ccc(C(F)F)cc2)c2ccc(F)cc12. The topological polar surface area (TPSA) is 113 Å². The highest BCUT2D eigenvalue weighted by atomic mass is 32.2. The van der Waals surface area contributed by atoms with Crippen molar-refractivity contribution in [2.24, 2.45) is 0 Å². The number of fused-ring (bicyclic) bond motifs is 1. The van der Waals surface area contributed by atoms with Gasteiger partial charge in [0.2, 0.25) is 0 Å². The predicted molar refractivity (Wildman–Crippen MR) is 173 cm³/mol. The van der Waals surface area contributed by atoms with Crippen LogP contribution in [0.25, 0.3) is 38.9 Å². The van der Waals surface area contributed by atoms with Gasteiger partial charge in [-0.2, -0.15) is 14.5 Å². The molecule has 0 amide bonds. The highest BCUT2D eigenvalue weighted by Gasteiger charge is 2.31. The number of carboxylic acids is 1. The molecule has 5 aromatic rings. The molecule has 0 saturated carbocycles. The number of hydrogen-bond donors (Lipinski definition) is 1. The van der Waals surface area contributed by atoms with Crippen molar-refractivity contribution in [1.29, 1.82) is 10.5 Å². The van der Waals surface area contributed by atoms with Crippen LogP contribution in [0.2, 0.25) is 0 Å². The van der Waals surface area contributed by atoms with Crippen molar-refractivity contribution < 1.29 is 32.0 Å². The molecular formula is C37H21F4N3O3S. The maximum absolute atomic E-state index is 15.0. The van der Waals surface area contributed by atoms with Gasteiger partial charge in [-0.3, -0.25) is 0 Å². The molecule has 0 radical (unpaired) electrons. The number of aromatic nitrogens is 1. The van der Waals surface area contributed by atoms with Gasteiger partial charge >= 0.3 is 5.97 Å². The zero-order chi connectivity index (χ0) is 34.1. The molecule has 0 saturated heterocycles. The van der Waals surface area contributed by atoms with Gasteiger partial charge in [0.1, 0.15) is 29.0 Å². The number of halogens is 4.